The van der Waals surface area contributed by atoms with Crippen LogP contribution in [0.5, 0.6) is 0 Å². The van der Waals surface area contributed by atoms with Gasteiger partial charge in [0.1, 0.15) is 0 Å². The Morgan fingerprint density at radius 1 is 0.889 bits per heavy atom. The first-order valence-electron chi connectivity index (χ1n) is 5.95. The predicted molar refractivity (Wildman–Crippen MR) is 73.9 cm³/mol. The van der Waals surface area contributed by atoms with Crippen molar-refractivity contribution >= 4 is 5.97 Å². The Balaban J connectivity index is 0.000000225. The number of carboxylic acids is 1. The van der Waals surface area contributed by atoms with Crippen LogP contribution >= 0.6 is 0 Å². The molecule has 0 unspecified atom stereocenters. The molecule has 0 radical (unpaired) electrons. The largest absolute Gasteiger partial charge is 0.478 e. The van der Waals surface area contributed by atoms with Gasteiger partial charge < -0.3 is 5.11 Å². The molecule has 0 aliphatic carbocycles. The van der Waals surface area contributed by atoms with Crippen LogP contribution in [0, 0.1) is 0 Å². The van der Waals surface area contributed by atoms with E-state index in [0.717, 1.165) is 5.56 Å². The van der Waals surface area contributed by atoms with Crippen LogP contribution in [0.2, 0.25) is 0 Å². The van der Waals surface area contributed by atoms with Gasteiger partial charge in [0.25, 0.3) is 0 Å². The van der Waals surface area contributed by atoms with Crippen LogP contribution in [-0.2, 0) is 0 Å². The molecule has 1 N–H and O–H groups in total. The molecule has 2 aromatic carbocycles. The zero-order valence-corrected chi connectivity index (χ0v) is 10.7. The molecular formula is C16H18O2. The van der Waals surface area contributed by atoms with Crippen molar-refractivity contribution in [2.24, 2.45) is 0 Å². The molecule has 94 valence electrons. The average Bonchev–Trinajstić information content (AvgIpc) is 2.41. The summed E-state index contributed by atoms with van der Waals surface area (Å²) in [7, 11) is 0. The van der Waals surface area contributed by atoms with Crippen molar-refractivity contribution in [1.29, 1.82) is 0 Å². The van der Waals surface area contributed by atoms with Gasteiger partial charge in [-0.2, -0.15) is 0 Å². The third kappa shape index (κ3) is 4.42. The van der Waals surface area contributed by atoms with E-state index in [0.29, 0.717) is 5.56 Å². The molecule has 0 aromatic heterocycles. The summed E-state index contributed by atoms with van der Waals surface area (Å²) in [4.78, 5) is 10.7. The maximum atomic E-state index is 10.7. The normalized spacial score (nSPS) is 9.50. The fourth-order valence-corrected chi connectivity index (χ4v) is 1.58. The fourth-order valence-electron chi connectivity index (χ4n) is 1.58. The SMILES string of the molecule is CC(C)c1ccccc1C(=O)O.c1ccccc1. The lowest BCUT2D eigenvalue weighted by atomic mass is 9.97. The van der Waals surface area contributed by atoms with Gasteiger partial charge in [0.15, 0.2) is 0 Å². The minimum Gasteiger partial charge on any atom is -0.478 e. The summed E-state index contributed by atoms with van der Waals surface area (Å²) < 4.78 is 0. The van der Waals surface area contributed by atoms with Gasteiger partial charge in [-0.3, -0.25) is 0 Å². The topological polar surface area (TPSA) is 37.3 Å². The van der Waals surface area contributed by atoms with Gasteiger partial charge in [0, 0.05) is 0 Å². The van der Waals surface area contributed by atoms with Crippen LogP contribution in [0.4, 0.5) is 0 Å². The maximum Gasteiger partial charge on any atom is 0.335 e. The van der Waals surface area contributed by atoms with E-state index in [2.05, 4.69) is 0 Å². The predicted octanol–water partition coefficient (Wildman–Crippen LogP) is 4.19. The zero-order chi connectivity index (χ0) is 13.4. The molecule has 0 aliphatic heterocycles. The van der Waals surface area contributed by atoms with Gasteiger partial charge in [-0.05, 0) is 17.5 Å². The third-order valence-electron chi connectivity index (χ3n) is 2.48. The number of hydrogen-bond donors (Lipinski definition) is 1. The minimum absolute atomic E-state index is 0.261. The van der Waals surface area contributed by atoms with E-state index in [1.807, 2.05) is 62.4 Å². The highest BCUT2D eigenvalue weighted by Crippen LogP contribution is 2.18. The summed E-state index contributed by atoms with van der Waals surface area (Å²) in [6.07, 6.45) is 0. The van der Waals surface area contributed by atoms with Crippen LogP contribution in [0.1, 0.15) is 35.7 Å². The van der Waals surface area contributed by atoms with Gasteiger partial charge in [0.05, 0.1) is 5.56 Å². The first kappa shape index (κ1) is 14.0. The second-order valence-corrected chi connectivity index (χ2v) is 4.20. The molecule has 0 saturated heterocycles. The minimum atomic E-state index is -0.848. The van der Waals surface area contributed by atoms with Gasteiger partial charge in [-0.1, -0.05) is 68.4 Å². The lowest BCUT2D eigenvalue weighted by Gasteiger charge is -2.07. The molecule has 18 heavy (non-hydrogen) atoms. The van der Waals surface area contributed by atoms with Crippen molar-refractivity contribution in [3.05, 3.63) is 71.8 Å². The highest BCUT2D eigenvalue weighted by molar-refractivity contribution is 5.89. The fraction of sp³-hybridized carbons (Fsp3) is 0.188. The van der Waals surface area contributed by atoms with Crippen LogP contribution in [0.3, 0.4) is 0 Å². The van der Waals surface area contributed by atoms with Crippen molar-refractivity contribution in [3.63, 3.8) is 0 Å². The average molecular weight is 242 g/mol. The second kappa shape index (κ2) is 7.28. The highest BCUT2D eigenvalue weighted by Gasteiger charge is 2.10. The summed E-state index contributed by atoms with van der Waals surface area (Å²) in [5.74, 6) is -0.586. The van der Waals surface area contributed by atoms with Gasteiger partial charge in [0.2, 0.25) is 0 Å². The van der Waals surface area contributed by atoms with E-state index in [1.165, 1.54) is 0 Å². The van der Waals surface area contributed by atoms with Gasteiger partial charge >= 0.3 is 5.97 Å². The van der Waals surface area contributed by atoms with Crippen LogP contribution < -0.4 is 0 Å². The van der Waals surface area contributed by atoms with E-state index in [9.17, 15) is 4.79 Å². The van der Waals surface area contributed by atoms with Crippen molar-refractivity contribution in [2.75, 3.05) is 0 Å². The van der Waals surface area contributed by atoms with Crippen molar-refractivity contribution in [3.8, 4) is 0 Å². The third-order valence-corrected chi connectivity index (χ3v) is 2.48. The molecule has 0 saturated carbocycles. The lowest BCUT2D eigenvalue weighted by molar-refractivity contribution is 0.0695. The van der Waals surface area contributed by atoms with Gasteiger partial charge in [-0.15, -0.1) is 0 Å². The summed E-state index contributed by atoms with van der Waals surface area (Å²) in [5, 5.41) is 8.81. The van der Waals surface area contributed by atoms with E-state index in [-0.39, 0.29) is 5.92 Å². The molecular weight excluding hydrogens is 224 g/mol. The Hall–Kier alpha value is -2.09. The van der Waals surface area contributed by atoms with E-state index < -0.39 is 5.97 Å². The molecule has 0 fully saturated rings. The molecule has 2 heteroatoms. The quantitative estimate of drug-likeness (QED) is 0.857. The zero-order valence-electron chi connectivity index (χ0n) is 10.7. The standard InChI is InChI=1S/C10H12O2.C6H6/c1-7(2)8-5-3-4-6-9(8)10(11)12;1-2-4-6-5-3-1/h3-7H,1-2H3,(H,11,12);1-6H. The van der Waals surface area contributed by atoms with Crippen molar-refractivity contribution < 1.29 is 9.90 Å². The van der Waals surface area contributed by atoms with Crippen LogP contribution in [0.25, 0.3) is 0 Å². The smallest absolute Gasteiger partial charge is 0.335 e. The number of aromatic carboxylic acids is 1. The molecule has 0 aliphatic rings. The summed E-state index contributed by atoms with van der Waals surface area (Å²) in [6, 6.07) is 19.1. The Morgan fingerprint density at radius 2 is 1.33 bits per heavy atom. The number of benzene rings is 2. The Labute approximate surface area is 108 Å². The van der Waals surface area contributed by atoms with Crippen molar-refractivity contribution in [1.82, 2.24) is 0 Å². The number of carbonyl (C=O) groups is 1. The Morgan fingerprint density at radius 3 is 1.67 bits per heavy atom. The van der Waals surface area contributed by atoms with Gasteiger partial charge in [-0.25, -0.2) is 4.79 Å². The van der Waals surface area contributed by atoms with Crippen LogP contribution in [0.15, 0.2) is 60.7 Å². The number of carboxylic acid groups (broad SMARTS) is 1. The second-order valence-electron chi connectivity index (χ2n) is 4.20. The molecule has 0 amide bonds. The molecule has 0 atom stereocenters. The summed E-state index contributed by atoms with van der Waals surface area (Å²) >= 11 is 0. The van der Waals surface area contributed by atoms with Crippen LogP contribution in [-0.4, -0.2) is 11.1 Å². The molecule has 2 nitrogen and oxygen atoms in total. The maximum absolute atomic E-state index is 10.7. The number of hydrogen-bond acceptors (Lipinski definition) is 1. The molecule has 0 bridgehead atoms. The Kier molecular flexibility index (Phi) is 5.65. The molecule has 2 aromatic rings. The number of rotatable bonds is 2. The summed E-state index contributed by atoms with van der Waals surface area (Å²) in [5.41, 5.74) is 1.30. The van der Waals surface area contributed by atoms with E-state index in [1.54, 1.807) is 12.1 Å². The Bertz CT molecular complexity index is 449. The monoisotopic (exact) mass is 242 g/mol. The summed E-state index contributed by atoms with van der Waals surface area (Å²) in [6.45, 7) is 3.98. The lowest BCUT2D eigenvalue weighted by Crippen LogP contribution is -2.02. The molecule has 0 spiro atoms. The first-order chi connectivity index (χ1) is 8.63. The van der Waals surface area contributed by atoms with Crippen molar-refractivity contribution in [2.45, 2.75) is 19.8 Å². The van der Waals surface area contributed by atoms with E-state index >= 15 is 0 Å². The molecule has 2 rings (SSSR count). The van der Waals surface area contributed by atoms with E-state index in [4.69, 9.17) is 5.11 Å². The highest BCUT2D eigenvalue weighted by atomic mass is 16.4. The molecule has 0 heterocycles. The first-order valence-corrected chi connectivity index (χ1v) is 5.95.